The number of hydrogen-bond donors (Lipinski definition) is 2. The van der Waals surface area contributed by atoms with Gasteiger partial charge in [0.25, 0.3) is 0 Å². The molecule has 4 heteroatoms. The summed E-state index contributed by atoms with van der Waals surface area (Å²) < 4.78 is 0. The standard InChI is InChI=1S/C12H18O.C11H16O.2Ti/c1-8(2)10-6-5-7-11(9(3)4)12(10)13;1-8-6-5-7-9(10(8)12)11(2,3)4;;/h5-9,13H,1-4H3;5-7,12H,1-4H3;;. The van der Waals surface area contributed by atoms with Crippen molar-refractivity contribution in [2.45, 2.75) is 72.6 Å². The van der Waals surface area contributed by atoms with Crippen LogP contribution in [0.15, 0.2) is 36.4 Å². The molecular weight excluding hydrogens is 404 g/mol. The minimum Gasteiger partial charge on any atom is -0.507 e. The second-order valence-corrected chi connectivity index (χ2v) is 8.32. The van der Waals surface area contributed by atoms with Crippen molar-refractivity contribution < 1.29 is 53.6 Å². The van der Waals surface area contributed by atoms with Crippen LogP contribution in [0.5, 0.6) is 11.5 Å². The van der Waals surface area contributed by atoms with E-state index in [2.05, 4.69) is 48.5 Å². The smallest absolute Gasteiger partial charge is 0.122 e. The van der Waals surface area contributed by atoms with Gasteiger partial charge in [-0.15, -0.1) is 0 Å². The average Bonchev–Trinajstić information content (AvgIpc) is 2.49. The maximum absolute atomic E-state index is 9.93. The monoisotopic (exact) mass is 438 g/mol. The van der Waals surface area contributed by atoms with Crippen molar-refractivity contribution in [1.82, 2.24) is 0 Å². The summed E-state index contributed by atoms with van der Waals surface area (Å²) in [6.07, 6.45) is 0. The first-order valence-corrected chi connectivity index (χ1v) is 9.07. The zero-order valence-electron chi connectivity index (χ0n) is 18.0. The van der Waals surface area contributed by atoms with Crippen LogP contribution in [0, 0.1) is 6.92 Å². The fraction of sp³-hybridized carbons (Fsp3) is 0.478. The average molecular weight is 438 g/mol. The number of phenolic OH excluding ortho intramolecular Hbond substituents is 2. The molecule has 27 heavy (non-hydrogen) atoms. The van der Waals surface area contributed by atoms with Crippen molar-refractivity contribution in [3.63, 3.8) is 0 Å². The van der Waals surface area contributed by atoms with Gasteiger partial charge in [-0.3, -0.25) is 0 Å². The molecule has 0 aliphatic heterocycles. The van der Waals surface area contributed by atoms with E-state index in [9.17, 15) is 10.2 Å². The molecule has 2 aromatic rings. The summed E-state index contributed by atoms with van der Waals surface area (Å²) in [6, 6.07) is 11.9. The normalized spacial score (nSPS) is 10.6. The third kappa shape index (κ3) is 8.16. The van der Waals surface area contributed by atoms with E-state index >= 15 is 0 Å². The Balaban J connectivity index is 0. The van der Waals surface area contributed by atoms with Crippen LogP contribution in [0.3, 0.4) is 0 Å². The molecule has 0 unspecified atom stereocenters. The van der Waals surface area contributed by atoms with Crippen LogP contribution in [0.1, 0.15) is 82.6 Å². The first-order valence-electron chi connectivity index (χ1n) is 9.07. The first-order chi connectivity index (χ1) is 11.5. The maximum Gasteiger partial charge on any atom is 0.122 e. The molecule has 0 aliphatic carbocycles. The summed E-state index contributed by atoms with van der Waals surface area (Å²) >= 11 is 0. The number of aryl methyl sites for hydroxylation is 1. The minimum absolute atomic E-state index is 0. The molecule has 0 saturated heterocycles. The van der Waals surface area contributed by atoms with Crippen LogP contribution in [0.2, 0.25) is 0 Å². The van der Waals surface area contributed by atoms with E-state index in [1.165, 1.54) is 0 Å². The van der Waals surface area contributed by atoms with Gasteiger partial charge in [-0.25, -0.2) is 0 Å². The summed E-state index contributed by atoms with van der Waals surface area (Å²) in [5, 5.41) is 19.7. The van der Waals surface area contributed by atoms with E-state index in [1.54, 1.807) is 0 Å². The van der Waals surface area contributed by atoms with Crippen LogP contribution in [0.4, 0.5) is 0 Å². The Morgan fingerprint density at radius 3 is 1.44 bits per heavy atom. The fourth-order valence-electron chi connectivity index (χ4n) is 2.78. The molecule has 2 N–H and O–H groups in total. The van der Waals surface area contributed by atoms with Crippen LogP contribution < -0.4 is 0 Å². The summed E-state index contributed by atoms with van der Waals surface area (Å²) in [7, 11) is 0. The van der Waals surface area contributed by atoms with Crippen LogP contribution in [-0.2, 0) is 48.9 Å². The maximum atomic E-state index is 9.93. The van der Waals surface area contributed by atoms with E-state index in [-0.39, 0.29) is 48.9 Å². The van der Waals surface area contributed by atoms with E-state index in [1.807, 2.05) is 43.3 Å². The van der Waals surface area contributed by atoms with Crippen molar-refractivity contribution >= 4 is 0 Å². The molecule has 2 rings (SSSR count). The molecule has 0 aromatic heterocycles. The number of aromatic hydroxyl groups is 2. The minimum atomic E-state index is 0. The van der Waals surface area contributed by atoms with Gasteiger partial charge in [0.05, 0.1) is 0 Å². The Hall–Kier alpha value is -0.531. The predicted octanol–water partition coefficient (Wildman–Crippen LogP) is 6.63. The Morgan fingerprint density at radius 1 is 0.704 bits per heavy atom. The first kappa shape index (κ1) is 28.7. The summed E-state index contributed by atoms with van der Waals surface area (Å²) in [4.78, 5) is 0. The zero-order valence-corrected chi connectivity index (χ0v) is 21.1. The fourth-order valence-corrected chi connectivity index (χ4v) is 2.78. The summed E-state index contributed by atoms with van der Waals surface area (Å²) in [5.74, 6) is 1.69. The Bertz CT molecular complexity index is 676. The molecule has 2 nitrogen and oxygen atoms in total. The Labute approximate surface area is 195 Å². The second kappa shape index (κ2) is 12.1. The molecule has 0 bridgehead atoms. The number of rotatable bonds is 2. The van der Waals surface area contributed by atoms with E-state index < -0.39 is 0 Å². The van der Waals surface area contributed by atoms with Crippen molar-refractivity contribution in [3.05, 3.63) is 58.7 Å². The van der Waals surface area contributed by atoms with Crippen molar-refractivity contribution in [2.75, 3.05) is 0 Å². The van der Waals surface area contributed by atoms with E-state index in [4.69, 9.17) is 0 Å². The quantitative estimate of drug-likeness (QED) is 0.517. The number of phenols is 2. The Kier molecular flexibility index (Phi) is 12.9. The Morgan fingerprint density at radius 2 is 1.11 bits per heavy atom. The van der Waals surface area contributed by atoms with E-state index in [0.29, 0.717) is 23.3 Å². The predicted molar refractivity (Wildman–Crippen MR) is 108 cm³/mol. The van der Waals surface area contributed by atoms with Gasteiger partial charge in [-0.05, 0) is 46.4 Å². The van der Waals surface area contributed by atoms with Gasteiger partial charge >= 0.3 is 0 Å². The van der Waals surface area contributed by atoms with Gasteiger partial charge < -0.3 is 10.2 Å². The van der Waals surface area contributed by atoms with Crippen molar-refractivity contribution in [1.29, 1.82) is 0 Å². The molecule has 0 amide bonds. The SMILES string of the molecule is CC(C)c1cccc(C(C)C)c1O.Cc1cccc(C(C)(C)C)c1O.[Ti].[Ti]. The molecule has 0 radical (unpaired) electrons. The molecular formula is C23H34O2Ti2. The molecule has 0 fully saturated rings. The van der Waals surface area contributed by atoms with Crippen LogP contribution >= 0.6 is 0 Å². The number of benzene rings is 2. The van der Waals surface area contributed by atoms with Gasteiger partial charge in [-0.1, -0.05) is 84.9 Å². The van der Waals surface area contributed by atoms with Gasteiger partial charge in [0.2, 0.25) is 0 Å². The molecule has 2 aromatic carbocycles. The van der Waals surface area contributed by atoms with Crippen LogP contribution in [0.25, 0.3) is 0 Å². The van der Waals surface area contributed by atoms with Gasteiger partial charge in [0, 0.05) is 43.4 Å². The van der Waals surface area contributed by atoms with Crippen LogP contribution in [-0.4, -0.2) is 10.2 Å². The largest absolute Gasteiger partial charge is 0.507 e. The molecule has 0 aliphatic rings. The van der Waals surface area contributed by atoms with Gasteiger partial charge in [-0.2, -0.15) is 0 Å². The van der Waals surface area contributed by atoms with Crippen molar-refractivity contribution in [2.24, 2.45) is 0 Å². The molecule has 0 spiro atoms. The zero-order chi connectivity index (χ0) is 19.4. The summed E-state index contributed by atoms with van der Waals surface area (Å²) in [6.45, 7) is 16.6. The van der Waals surface area contributed by atoms with Gasteiger partial charge in [0.15, 0.2) is 0 Å². The van der Waals surface area contributed by atoms with Crippen molar-refractivity contribution in [3.8, 4) is 11.5 Å². The number of para-hydroxylation sites is 2. The molecule has 146 valence electrons. The number of hydrogen-bond acceptors (Lipinski definition) is 2. The van der Waals surface area contributed by atoms with Gasteiger partial charge in [0.1, 0.15) is 11.5 Å². The molecule has 0 atom stereocenters. The molecule has 0 heterocycles. The second-order valence-electron chi connectivity index (χ2n) is 8.32. The topological polar surface area (TPSA) is 40.5 Å². The third-order valence-corrected chi connectivity index (χ3v) is 4.39. The summed E-state index contributed by atoms with van der Waals surface area (Å²) in [5.41, 5.74) is 4.08. The third-order valence-electron chi connectivity index (χ3n) is 4.39. The molecule has 0 saturated carbocycles. The van der Waals surface area contributed by atoms with E-state index in [0.717, 1.165) is 22.3 Å².